The summed E-state index contributed by atoms with van der Waals surface area (Å²) in [5, 5.41) is 11.2. The highest BCUT2D eigenvalue weighted by Gasteiger charge is 2.34. The number of hydrogen-bond donors (Lipinski definition) is 0. The van der Waals surface area contributed by atoms with Crippen molar-refractivity contribution >= 4 is 23.3 Å². The molecule has 1 aliphatic heterocycles. The lowest BCUT2D eigenvalue weighted by molar-refractivity contribution is -0.384. The Morgan fingerprint density at radius 3 is 2.45 bits per heavy atom. The van der Waals surface area contributed by atoms with Gasteiger partial charge in [-0.15, -0.1) is 0 Å². The van der Waals surface area contributed by atoms with Gasteiger partial charge in [-0.05, 0) is 18.6 Å². The zero-order chi connectivity index (χ0) is 21.6. The zero-order valence-corrected chi connectivity index (χ0v) is 15.6. The molecule has 0 aromatic heterocycles. The fourth-order valence-corrected chi connectivity index (χ4v) is 2.80. The molecule has 2 rings (SSSR count). The number of carbonyl (C=O) groups is 2. The van der Waals surface area contributed by atoms with E-state index in [-0.39, 0.29) is 31.9 Å². The van der Waals surface area contributed by atoms with E-state index in [2.05, 4.69) is 0 Å². The second-order valence-electron chi connectivity index (χ2n) is 6.24. The monoisotopic (exact) mass is 415 g/mol. The first kappa shape index (κ1) is 22.2. The van der Waals surface area contributed by atoms with Crippen LogP contribution < -0.4 is 4.90 Å². The fraction of sp³-hybridized carbons (Fsp3) is 0.444. The van der Waals surface area contributed by atoms with E-state index in [1.165, 1.54) is 11.0 Å². The van der Waals surface area contributed by atoms with Crippen molar-refractivity contribution in [1.82, 2.24) is 4.90 Å². The molecular formula is C18H20F3N3O5. The highest BCUT2D eigenvalue weighted by atomic mass is 19.4. The van der Waals surface area contributed by atoms with Crippen LogP contribution in [0, 0.1) is 10.1 Å². The van der Waals surface area contributed by atoms with Gasteiger partial charge in [-0.25, -0.2) is 4.79 Å². The van der Waals surface area contributed by atoms with Crippen molar-refractivity contribution in [3.63, 3.8) is 0 Å². The molecule has 0 aliphatic carbocycles. The molecule has 0 spiro atoms. The molecule has 1 aliphatic rings. The Morgan fingerprint density at radius 2 is 1.90 bits per heavy atom. The zero-order valence-electron chi connectivity index (χ0n) is 15.6. The number of halogens is 3. The number of esters is 1. The van der Waals surface area contributed by atoms with Crippen molar-refractivity contribution in [3.8, 4) is 0 Å². The van der Waals surface area contributed by atoms with Gasteiger partial charge in [0.05, 0.1) is 10.5 Å². The summed E-state index contributed by atoms with van der Waals surface area (Å²) in [5.41, 5.74) is -1.68. The maximum absolute atomic E-state index is 12.8. The van der Waals surface area contributed by atoms with Crippen LogP contribution in [0.3, 0.4) is 0 Å². The lowest BCUT2D eigenvalue weighted by Gasteiger charge is -2.35. The van der Waals surface area contributed by atoms with Crippen LogP contribution in [0.25, 0.3) is 0 Å². The molecule has 0 radical (unpaired) electrons. The standard InChI is InChI=1S/C18H20F3N3O5/c1-2-3-4-17(26)29-12-16(25)23-9-7-22(8-10-23)14-6-5-13(18(19,20)21)11-15(14)24(27)28/h3-6,11H,2,7-10,12H2,1H3/b4-3+. The van der Waals surface area contributed by atoms with E-state index in [0.717, 1.165) is 12.1 Å². The van der Waals surface area contributed by atoms with Crippen LogP contribution in [0.5, 0.6) is 0 Å². The molecule has 1 heterocycles. The minimum absolute atomic E-state index is 0.0613. The van der Waals surface area contributed by atoms with Gasteiger partial charge in [-0.2, -0.15) is 13.2 Å². The van der Waals surface area contributed by atoms with E-state index in [0.29, 0.717) is 12.5 Å². The summed E-state index contributed by atoms with van der Waals surface area (Å²) in [5.74, 6) is -1.04. The molecule has 0 atom stereocenters. The molecule has 1 aromatic rings. The number of nitro groups is 1. The smallest absolute Gasteiger partial charge is 0.416 e. The quantitative estimate of drug-likeness (QED) is 0.307. The maximum Gasteiger partial charge on any atom is 0.416 e. The molecule has 1 fully saturated rings. The summed E-state index contributed by atoms with van der Waals surface area (Å²) in [7, 11) is 0. The average Bonchev–Trinajstić information content (AvgIpc) is 2.69. The van der Waals surface area contributed by atoms with Crippen LogP contribution >= 0.6 is 0 Å². The molecule has 8 nitrogen and oxygen atoms in total. The summed E-state index contributed by atoms with van der Waals surface area (Å²) >= 11 is 0. The normalized spacial score (nSPS) is 14.9. The molecule has 0 N–H and O–H groups in total. The number of rotatable bonds is 6. The number of allylic oxidation sites excluding steroid dienone is 1. The number of hydrogen-bond acceptors (Lipinski definition) is 6. The van der Waals surface area contributed by atoms with Gasteiger partial charge in [0, 0.05) is 38.3 Å². The fourth-order valence-electron chi connectivity index (χ4n) is 2.80. The molecule has 1 aromatic carbocycles. The van der Waals surface area contributed by atoms with Crippen LogP contribution in [0.15, 0.2) is 30.4 Å². The van der Waals surface area contributed by atoms with Crippen LogP contribution in [0.1, 0.15) is 18.9 Å². The largest absolute Gasteiger partial charge is 0.452 e. The van der Waals surface area contributed by atoms with Crippen LogP contribution in [0.4, 0.5) is 24.5 Å². The third-order valence-electron chi connectivity index (χ3n) is 4.30. The predicted molar refractivity (Wildman–Crippen MR) is 97.3 cm³/mol. The molecule has 11 heteroatoms. The first-order chi connectivity index (χ1) is 13.6. The van der Waals surface area contributed by atoms with E-state index in [9.17, 15) is 32.9 Å². The molecule has 158 valence electrons. The second kappa shape index (κ2) is 9.39. The topological polar surface area (TPSA) is 93.0 Å². The first-order valence-corrected chi connectivity index (χ1v) is 8.85. The van der Waals surface area contributed by atoms with Crippen LogP contribution in [0.2, 0.25) is 0 Å². The first-order valence-electron chi connectivity index (χ1n) is 8.85. The number of amides is 1. The number of ether oxygens (including phenoxy) is 1. The Labute approximate surface area is 164 Å². The van der Waals surface area contributed by atoms with E-state index in [1.54, 1.807) is 11.0 Å². The van der Waals surface area contributed by atoms with Crippen molar-refractivity contribution in [3.05, 3.63) is 46.0 Å². The molecular weight excluding hydrogens is 395 g/mol. The number of carbonyl (C=O) groups excluding carboxylic acids is 2. The number of benzene rings is 1. The molecule has 1 saturated heterocycles. The molecule has 1 amide bonds. The van der Waals surface area contributed by atoms with E-state index in [4.69, 9.17) is 4.74 Å². The van der Waals surface area contributed by atoms with Crippen LogP contribution in [-0.2, 0) is 20.5 Å². The summed E-state index contributed by atoms with van der Waals surface area (Å²) < 4.78 is 43.3. The Hall–Kier alpha value is -3.11. The molecule has 0 saturated carbocycles. The lowest BCUT2D eigenvalue weighted by atomic mass is 10.1. The number of nitrogens with zero attached hydrogens (tertiary/aromatic N) is 3. The molecule has 29 heavy (non-hydrogen) atoms. The number of anilines is 1. The Bertz CT molecular complexity index is 802. The summed E-state index contributed by atoms with van der Waals surface area (Å²) in [4.78, 5) is 36.9. The van der Waals surface area contributed by atoms with Crippen molar-refractivity contribution in [2.75, 3.05) is 37.7 Å². The van der Waals surface area contributed by atoms with Crippen molar-refractivity contribution in [2.45, 2.75) is 19.5 Å². The minimum atomic E-state index is -4.68. The van der Waals surface area contributed by atoms with Gasteiger partial charge in [0.25, 0.3) is 11.6 Å². The lowest BCUT2D eigenvalue weighted by Crippen LogP contribution is -2.50. The third-order valence-corrected chi connectivity index (χ3v) is 4.30. The minimum Gasteiger partial charge on any atom is -0.452 e. The number of nitro benzene ring substituents is 1. The van der Waals surface area contributed by atoms with Gasteiger partial charge in [-0.1, -0.05) is 13.0 Å². The Morgan fingerprint density at radius 1 is 1.24 bits per heavy atom. The van der Waals surface area contributed by atoms with Gasteiger partial charge < -0.3 is 14.5 Å². The summed E-state index contributed by atoms with van der Waals surface area (Å²) in [6.45, 7) is 2.20. The average molecular weight is 415 g/mol. The van der Waals surface area contributed by atoms with Gasteiger partial charge in [-0.3, -0.25) is 14.9 Å². The van der Waals surface area contributed by atoms with Crippen molar-refractivity contribution in [1.29, 1.82) is 0 Å². The van der Waals surface area contributed by atoms with E-state index < -0.39 is 40.8 Å². The summed E-state index contributed by atoms with van der Waals surface area (Å²) in [6.07, 6.45) is -1.20. The van der Waals surface area contributed by atoms with Crippen molar-refractivity contribution in [2.24, 2.45) is 0 Å². The third kappa shape index (κ3) is 5.93. The number of piperazine rings is 1. The SMILES string of the molecule is CC/C=C/C(=O)OCC(=O)N1CCN(c2ccc(C(F)(F)F)cc2[N+](=O)[O-])CC1. The number of alkyl halides is 3. The Balaban J connectivity index is 2.00. The van der Waals surface area contributed by atoms with Gasteiger partial charge in [0.2, 0.25) is 0 Å². The highest BCUT2D eigenvalue weighted by Crippen LogP contribution is 2.36. The van der Waals surface area contributed by atoms with Gasteiger partial charge >= 0.3 is 12.1 Å². The second-order valence-corrected chi connectivity index (χ2v) is 6.24. The maximum atomic E-state index is 12.8. The van der Waals surface area contributed by atoms with Crippen molar-refractivity contribution < 1.29 is 32.4 Å². The molecule has 0 bridgehead atoms. The summed E-state index contributed by atoms with van der Waals surface area (Å²) in [6, 6.07) is 2.37. The van der Waals surface area contributed by atoms with E-state index >= 15 is 0 Å². The Kier molecular flexibility index (Phi) is 7.18. The molecule has 0 unspecified atom stereocenters. The highest BCUT2D eigenvalue weighted by molar-refractivity contribution is 5.85. The van der Waals surface area contributed by atoms with E-state index in [1.807, 2.05) is 6.92 Å². The van der Waals surface area contributed by atoms with Gasteiger partial charge in [0.1, 0.15) is 5.69 Å². The predicted octanol–water partition coefficient (Wildman–Crippen LogP) is 2.77. The van der Waals surface area contributed by atoms with Gasteiger partial charge in [0.15, 0.2) is 6.61 Å². The van der Waals surface area contributed by atoms with Crippen LogP contribution in [-0.4, -0.2) is 54.5 Å².